The van der Waals surface area contributed by atoms with Crippen LogP contribution in [0.4, 0.5) is 0 Å². The number of nitrogens with zero attached hydrogens (tertiary/aromatic N) is 3. The number of pyridine rings is 1. The van der Waals surface area contributed by atoms with E-state index in [1.807, 2.05) is 23.4 Å². The zero-order valence-corrected chi connectivity index (χ0v) is 14.7. The SMILES string of the molecule is O=C([C@@H]1CCCO1)N1CCOC[C@]2(CCN(Cc3cccnc3)C2)C1. The molecule has 6 heteroatoms. The molecule has 0 aromatic carbocycles. The van der Waals surface area contributed by atoms with Gasteiger partial charge in [0.2, 0.25) is 0 Å². The number of ether oxygens (including phenoxy) is 2. The molecular formula is C19H27N3O3. The average Bonchev–Trinajstić information content (AvgIpc) is 3.24. The predicted molar refractivity (Wildman–Crippen MR) is 92.9 cm³/mol. The number of likely N-dealkylation sites (tertiary alicyclic amines) is 1. The number of carbonyl (C=O) groups excluding carboxylic acids is 1. The van der Waals surface area contributed by atoms with Crippen LogP contribution in [0.2, 0.25) is 0 Å². The van der Waals surface area contributed by atoms with Crippen LogP contribution in [0.3, 0.4) is 0 Å². The summed E-state index contributed by atoms with van der Waals surface area (Å²) in [5.74, 6) is 0.160. The van der Waals surface area contributed by atoms with E-state index in [2.05, 4.69) is 16.0 Å². The number of amides is 1. The zero-order valence-electron chi connectivity index (χ0n) is 14.7. The van der Waals surface area contributed by atoms with Gasteiger partial charge in [-0.1, -0.05) is 6.07 Å². The molecule has 1 spiro atoms. The van der Waals surface area contributed by atoms with Crippen LogP contribution in [0.1, 0.15) is 24.8 Å². The first-order chi connectivity index (χ1) is 12.2. The summed E-state index contributed by atoms with van der Waals surface area (Å²) < 4.78 is 11.5. The molecule has 0 aliphatic carbocycles. The van der Waals surface area contributed by atoms with Crippen molar-refractivity contribution in [2.75, 3.05) is 46.0 Å². The van der Waals surface area contributed by atoms with Crippen molar-refractivity contribution < 1.29 is 14.3 Å². The molecule has 1 amide bonds. The molecule has 3 aliphatic heterocycles. The molecule has 6 nitrogen and oxygen atoms in total. The molecule has 0 saturated carbocycles. The molecule has 4 heterocycles. The summed E-state index contributed by atoms with van der Waals surface area (Å²) in [6.07, 6.45) is 6.43. The van der Waals surface area contributed by atoms with Gasteiger partial charge in [-0.2, -0.15) is 0 Å². The Kier molecular flexibility index (Phi) is 5.01. The molecule has 3 aliphatic rings. The summed E-state index contributed by atoms with van der Waals surface area (Å²) in [7, 11) is 0. The molecule has 0 unspecified atom stereocenters. The van der Waals surface area contributed by atoms with Gasteiger partial charge < -0.3 is 14.4 Å². The first-order valence-corrected chi connectivity index (χ1v) is 9.34. The second-order valence-corrected chi connectivity index (χ2v) is 7.64. The van der Waals surface area contributed by atoms with E-state index in [1.165, 1.54) is 5.56 Å². The number of hydrogen-bond acceptors (Lipinski definition) is 5. The van der Waals surface area contributed by atoms with E-state index < -0.39 is 0 Å². The molecule has 1 aromatic rings. The van der Waals surface area contributed by atoms with Crippen molar-refractivity contribution in [3.05, 3.63) is 30.1 Å². The molecule has 3 saturated heterocycles. The Morgan fingerprint density at radius 2 is 2.28 bits per heavy atom. The molecule has 0 N–H and O–H groups in total. The molecule has 1 aromatic heterocycles. The summed E-state index contributed by atoms with van der Waals surface area (Å²) >= 11 is 0. The van der Waals surface area contributed by atoms with E-state index >= 15 is 0 Å². The molecule has 3 fully saturated rings. The smallest absolute Gasteiger partial charge is 0.251 e. The van der Waals surface area contributed by atoms with E-state index in [-0.39, 0.29) is 17.4 Å². The minimum Gasteiger partial charge on any atom is -0.379 e. The number of rotatable bonds is 3. The quantitative estimate of drug-likeness (QED) is 0.827. The second kappa shape index (κ2) is 7.40. The summed E-state index contributed by atoms with van der Waals surface area (Å²) in [4.78, 5) is 21.5. The summed E-state index contributed by atoms with van der Waals surface area (Å²) in [6.45, 7) is 6.48. The topological polar surface area (TPSA) is 54.9 Å². The number of aromatic nitrogens is 1. The van der Waals surface area contributed by atoms with Crippen molar-refractivity contribution in [2.24, 2.45) is 5.41 Å². The van der Waals surface area contributed by atoms with Crippen LogP contribution in [0.5, 0.6) is 0 Å². The Labute approximate surface area is 149 Å². The lowest BCUT2D eigenvalue weighted by Crippen LogP contribution is -2.46. The van der Waals surface area contributed by atoms with E-state index in [0.717, 1.165) is 52.0 Å². The van der Waals surface area contributed by atoms with E-state index in [9.17, 15) is 4.79 Å². The lowest BCUT2D eigenvalue weighted by Gasteiger charge is -2.33. The maximum absolute atomic E-state index is 12.8. The summed E-state index contributed by atoms with van der Waals surface area (Å²) in [6, 6.07) is 4.10. The number of carbonyl (C=O) groups is 1. The molecule has 25 heavy (non-hydrogen) atoms. The Balaban J connectivity index is 1.41. The third kappa shape index (κ3) is 3.86. The summed E-state index contributed by atoms with van der Waals surface area (Å²) in [5, 5.41) is 0. The molecular weight excluding hydrogens is 318 g/mol. The van der Waals surface area contributed by atoms with Gasteiger partial charge in [-0.05, 0) is 37.4 Å². The Morgan fingerprint density at radius 1 is 1.32 bits per heavy atom. The minimum atomic E-state index is -0.233. The molecule has 4 rings (SSSR count). The maximum Gasteiger partial charge on any atom is 0.251 e. The zero-order chi connectivity index (χ0) is 17.1. The summed E-state index contributed by atoms with van der Waals surface area (Å²) in [5.41, 5.74) is 1.29. The lowest BCUT2D eigenvalue weighted by atomic mass is 9.87. The van der Waals surface area contributed by atoms with Crippen LogP contribution < -0.4 is 0 Å². The van der Waals surface area contributed by atoms with E-state index in [1.54, 1.807) is 0 Å². The Hall–Kier alpha value is -1.50. The predicted octanol–water partition coefficient (Wildman–Crippen LogP) is 1.31. The van der Waals surface area contributed by atoms with Gasteiger partial charge in [0, 0.05) is 50.6 Å². The fourth-order valence-electron chi connectivity index (χ4n) is 4.32. The Morgan fingerprint density at radius 3 is 3.08 bits per heavy atom. The molecule has 2 atom stereocenters. The highest BCUT2D eigenvalue weighted by Crippen LogP contribution is 2.34. The third-order valence-corrected chi connectivity index (χ3v) is 5.60. The largest absolute Gasteiger partial charge is 0.379 e. The van der Waals surface area contributed by atoms with Crippen LogP contribution in [0.25, 0.3) is 0 Å². The molecule has 0 bridgehead atoms. The monoisotopic (exact) mass is 345 g/mol. The van der Waals surface area contributed by atoms with Crippen LogP contribution in [0, 0.1) is 5.41 Å². The van der Waals surface area contributed by atoms with Crippen molar-refractivity contribution in [1.29, 1.82) is 0 Å². The first-order valence-electron chi connectivity index (χ1n) is 9.34. The maximum atomic E-state index is 12.8. The van der Waals surface area contributed by atoms with Gasteiger partial charge in [0.1, 0.15) is 6.10 Å². The van der Waals surface area contributed by atoms with Crippen LogP contribution in [0.15, 0.2) is 24.5 Å². The standard InChI is InChI=1S/C19H27N3O3/c23-18(17-4-2-9-25-17)22-8-10-24-15-19(14-22)5-7-21(13-19)12-16-3-1-6-20-11-16/h1,3,6,11,17H,2,4-5,7-10,12-15H2/t17-,19-/m0/s1. The van der Waals surface area contributed by atoms with Crippen LogP contribution in [-0.2, 0) is 20.8 Å². The van der Waals surface area contributed by atoms with Gasteiger partial charge in [0.15, 0.2) is 0 Å². The van der Waals surface area contributed by atoms with Crippen molar-refractivity contribution in [3.8, 4) is 0 Å². The van der Waals surface area contributed by atoms with Crippen molar-refractivity contribution in [1.82, 2.24) is 14.8 Å². The van der Waals surface area contributed by atoms with Crippen molar-refractivity contribution in [2.45, 2.75) is 31.9 Å². The van der Waals surface area contributed by atoms with Gasteiger partial charge in [0.25, 0.3) is 5.91 Å². The van der Waals surface area contributed by atoms with Crippen LogP contribution >= 0.6 is 0 Å². The highest BCUT2D eigenvalue weighted by molar-refractivity contribution is 5.81. The fraction of sp³-hybridized carbons (Fsp3) is 0.684. The van der Waals surface area contributed by atoms with Gasteiger partial charge in [-0.25, -0.2) is 0 Å². The van der Waals surface area contributed by atoms with Crippen molar-refractivity contribution in [3.63, 3.8) is 0 Å². The fourth-order valence-corrected chi connectivity index (χ4v) is 4.32. The lowest BCUT2D eigenvalue weighted by molar-refractivity contribution is -0.142. The van der Waals surface area contributed by atoms with Gasteiger partial charge in [-0.15, -0.1) is 0 Å². The van der Waals surface area contributed by atoms with E-state index in [4.69, 9.17) is 9.47 Å². The molecule has 136 valence electrons. The second-order valence-electron chi connectivity index (χ2n) is 7.64. The number of hydrogen-bond donors (Lipinski definition) is 0. The minimum absolute atomic E-state index is 0.0486. The Bertz CT molecular complexity index is 591. The highest BCUT2D eigenvalue weighted by Gasteiger charge is 2.43. The molecule has 0 radical (unpaired) electrons. The van der Waals surface area contributed by atoms with E-state index in [0.29, 0.717) is 19.8 Å². The van der Waals surface area contributed by atoms with Gasteiger partial charge in [-0.3, -0.25) is 14.7 Å². The average molecular weight is 345 g/mol. The third-order valence-electron chi connectivity index (χ3n) is 5.60. The first kappa shape index (κ1) is 16.9. The van der Waals surface area contributed by atoms with Gasteiger partial charge in [0.05, 0.1) is 13.2 Å². The van der Waals surface area contributed by atoms with Gasteiger partial charge >= 0.3 is 0 Å². The van der Waals surface area contributed by atoms with Crippen molar-refractivity contribution >= 4 is 5.91 Å². The highest BCUT2D eigenvalue weighted by atomic mass is 16.5. The normalized spacial score (nSPS) is 30.7. The van der Waals surface area contributed by atoms with Crippen LogP contribution in [-0.4, -0.2) is 72.8 Å².